The molecule has 0 bridgehead atoms. The predicted octanol–water partition coefficient (Wildman–Crippen LogP) is 2.15. The van der Waals surface area contributed by atoms with E-state index in [0.717, 1.165) is 55.5 Å². The molecule has 1 fully saturated rings. The van der Waals surface area contributed by atoms with Gasteiger partial charge in [0, 0.05) is 37.6 Å². The maximum absolute atomic E-state index is 11.3. The van der Waals surface area contributed by atoms with Crippen LogP contribution in [0, 0.1) is 10.1 Å². The average molecular weight is 418 g/mol. The summed E-state index contributed by atoms with van der Waals surface area (Å²) in [6.45, 7) is 4.02. The molecule has 1 aromatic carbocycles. The topological polar surface area (TPSA) is 114 Å². The molecule has 0 aliphatic carbocycles. The van der Waals surface area contributed by atoms with Gasteiger partial charge in [0.05, 0.1) is 17.8 Å². The molecule has 29 heavy (non-hydrogen) atoms. The molecular formula is C18H22N6O4S. The standard InChI is InChI=1S/C18H22N6O4S/c1-22-7-9-23(10-8-22)14-5-3-13(4-6-14)20-18-19-11-15(24(26)27)17(21-18)29-12-16(25)28-2/h3-6,11H,7-10,12H2,1-2H3,(H,19,20,21). The number of nitrogens with zero attached hydrogens (tertiary/aromatic N) is 5. The van der Waals surface area contributed by atoms with Crippen LogP contribution in [0.2, 0.25) is 0 Å². The Morgan fingerprint density at radius 1 is 1.28 bits per heavy atom. The minimum Gasteiger partial charge on any atom is -0.468 e. The summed E-state index contributed by atoms with van der Waals surface area (Å²) in [4.78, 5) is 34.8. The highest BCUT2D eigenvalue weighted by atomic mass is 32.2. The lowest BCUT2D eigenvalue weighted by atomic mass is 10.2. The van der Waals surface area contributed by atoms with Gasteiger partial charge in [-0.05, 0) is 31.3 Å². The molecule has 0 amide bonds. The first-order valence-electron chi connectivity index (χ1n) is 8.98. The lowest BCUT2D eigenvalue weighted by molar-refractivity contribution is -0.388. The van der Waals surface area contributed by atoms with Crippen molar-refractivity contribution in [3.8, 4) is 0 Å². The number of methoxy groups -OCH3 is 1. The highest BCUT2D eigenvalue weighted by Crippen LogP contribution is 2.28. The number of nitrogens with one attached hydrogen (secondary N) is 1. The lowest BCUT2D eigenvalue weighted by Gasteiger charge is -2.34. The van der Waals surface area contributed by atoms with E-state index in [0.29, 0.717) is 0 Å². The Morgan fingerprint density at radius 2 is 1.97 bits per heavy atom. The second kappa shape index (κ2) is 9.52. The Bertz CT molecular complexity index is 871. The molecule has 0 radical (unpaired) electrons. The van der Waals surface area contributed by atoms with Gasteiger partial charge < -0.3 is 19.9 Å². The summed E-state index contributed by atoms with van der Waals surface area (Å²) in [5.74, 6) is -0.347. The molecule has 1 aromatic heterocycles. The molecule has 154 valence electrons. The van der Waals surface area contributed by atoms with Crippen LogP contribution < -0.4 is 10.2 Å². The van der Waals surface area contributed by atoms with Gasteiger partial charge in [-0.2, -0.15) is 4.98 Å². The van der Waals surface area contributed by atoms with Crippen molar-refractivity contribution >= 4 is 40.7 Å². The second-order valence-corrected chi connectivity index (χ2v) is 7.43. The van der Waals surface area contributed by atoms with Crippen LogP contribution in [0.25, 0.3) is 0 Å². The van der Waals surface area contributed by atoms with Gasteiger partial charge in [0.1, 0.15) is 6.20 Å². The van der Waals surface area contributed by atoms with Gasteiger partial charge in [0.2, 0.25) is 5.95 Å². The van der Waals surface area contributed by atoms with E-state index < -0.39 is 10.9 Å². The third-order valence-electron chi connectivity index (χ3n) is 4.48. The summed E-state index contributed by atoms with van der Waals surface area (Å²) in [6, 6.07) is 7.87. The number of nitro groups is 1. The van der Waals surface area contributed by atoms with E-state index in [1.165, 1.54) is 7.11 Å². The fourth-order valence-corrected chi connectivity index (χ4v) is 3.59. The first kappa shape index (κ1) is 20.8. The van der Waals surface area contributed by atoms with Gasteiger partial charge in [-0.1, -0.05) is 11.8 Å². The van der Waals surface area contributed by atoms with E-state index in [1.807, 2.05) is 24.3 Å². The number of hydrogen-bond acceptors (Lipinski definition) is 10. The molecule has 1 aliphatic heterocycles. The first-order valence-corrected chi connectivity index (χ1v) is 9.96. The summed E-state index contributed by atoms with van der Waals surface area (Å²) in [5, 5.41) is 14.3. The van der Waals surface area contributed by atoms with Gasteiger partial charge in [0.15, 0.2) is 5.03 Å². The van der Waals surface area contributed by atoms with Crippen LogP contribution in [0.3, 0.4) is 0 Å². The lowest BCUT2D eigenvalue weighted by Crippen LogP contribution is -2.44. The van der Waals surface area contributed by atoms with Gasteiger partial charge in [0.25, 0.3) is 0 Å². The van der Waals surface area contributed by atoms with Crippen LogP contribution in [0.4, 0.5) is 23.0 Å². The zero-order chi connectivity index (χ0) is 20.8. The molecule has 2 heterocycles. The normalized spacial score (nSPS) is 14.5. The zero-order valence-electron chi connectivity index (χ0n) is 16.2. The maximum Gasteiger partial charge on any atom is 0.319 e. The van der Waals surface area contributed by atoms with Gasteiger partial charge in [-0.3, -0.25) is 14.9 Å². The monoisotopic (exact) mass is 418 g/mol. The molecule has 0 saturated carbocycles. The smallest absolute Gasteiger partial charge is 0.319 e. The Balaban J connectivity index is 1.70. The van der Waals surface area contributed by atoms with Crippen molar-refractivity contribution in [1.29, 1.82) is 0 Å². The third kappa shape index (κ3) is 5.55. The van der Waals surface area contributed by atoms with Crippen LogP contribution in [0.5, 0.6) is 0 Å². The first-order chi connectivity index (χ1) is 14.0. The number of carbonyl (C=O) groups is 1. The van der Waals surface area contributed by atoms with Gasteiger partial charge >= 0.3 is 11.7 Å². The molecule has 0 spiro atoms. The Morgan fingerprint density at radius 3 is 2.59 bits per heavy atom. The van der Waals surface area contributed by atoms with E-state index in [1.54, 1.807) is 0 Å². The molecule has 3 rings (SSSR count). The summed E-state index contributed by atoms with van der Waals surface area (Å²) in [6.07, 6.45) is 1.13. The molecule has 2 aromatic rings. The van der Waals surface area contributed by atoms with Crippen molar-refractivity contribution in [2.75, 3.05) is 56.3 Å². The molecule has 1 saturated heterocycles. The Kier molecular flexibility index (Phi) is 6.83. The summed E-state index contributed by atoms with van der Waals surface area (Å²) in [7, 11) is 3.38. The highest BCUT2D eigenvalue weighted by Gasteiger charge is 2.19. The quantitative estimate of drug-likeness (QED) is 0.236. The van der Waals surface area contributed by atoms with Crippen LogP contribution in [0.15, 0.2) is 35.5 Å². The molecule has 1 N–H and O–H groups in total. The van der Waals surface area contributed by atoms with E-state index >= 15 is 0 Å². The maximum atomic E-state index is 11.3. The number of benzene rings is 1. The predicted molar refractivity (Wildman–Crippen MR) is 111 cm³/mol. The average Bonchev–Trinajstić information content (AvgIpc) is 2.73. The van der Waals surface area contributed by atoms with Crippen molar-refractivity contribution in [3.05, 3.63) is 40.6 Å². The third-order valence-corrected chi connectivity index (χ3v) is 5.43. The number of likely N-dealkylation sites (N-methyl/N-ethyl adjacent to an activating group) is 1. The Labute approximate surface area is 172 Å². The minimum absolute atomic E-state index is 0.0759. The number of ether oxygens (including phenoxy) is 1. The second-order valence-electron chi connectivity index (χ2n) is 6.47. The zero-order valence-corrected chi connectivity index (χ0v) is 17.0. The van der Waals surface area contributed by atoms with Crippen molar-refractivity contribution in [1.82, 2.24) is 14.9 Å². The molecular weight excluding hydrogens is 396 g/mol. The fraction of sp³-hybridized carbons (Fsp3) is 0.389. The van der Waals surface area contributed by atoms with Crippen molar-refractivity contribution < 1.29 is 14.5 Å². The van der Waals surface area contributed by atoms with E-state index in [2.05, 4.69) is 36.9 Å². The number of piperazine rings is 1. The SMILES string of the molecule is COC(=O)CSc1nc(Nc2ccc(N3CCN(C)CC3)cc2)ncc1[N+](=O)[O-]. The van der Waals surface area contributed by atoms with Gasteiger partial charge in [-0.15, -0.1) is 0 Å². The summed E-state index contributed by atoms with van der Waals surface area (Å²) >= 11 is 0.936. The highest BCUT2D eigenvalue weighted by molar-refractivity contribution is 8.00. The van der Waals surface area contributed by atoms with Crippen LogP contribution in [0.1, 0.15) is 0 Å². The Hall–Kier alpha value is -2.92. The summed E-state index contributed by atoms with van der Waals surface area (Å²) in [5.41, 5.74) is 1.65. The largest absolute Gasteiger partial charge is 0.468 e. The van der Waals surface area contributed by atoms with Gasteiger partial charge in [-0.25, -0.2) is 4.98 Å². The van der Waals surface area contributed by atoms with Crippen molar-refractivity contribution in [2.24, 2.45) is 0 Å². The number of carbonyl (C=O) groups excluding carboxylic acids is 1. The van der Waals surface area contributed by atoms with E-state index in [9.17, 15) is 14.9 Å². The number of anilines is 3. The molecule has 0 unspecified atom stereocenters. The minimum atomic E-state index is -0.575. The van der Waals surface area contributed by atoms with E-state index in [4.69, 9.17) is 0 Å². The van der Waals surface area contributed by atoms with E-state index in [-0.39, 0.29) is 22.4 Å². The summed E-state index contributed by atoms with van der Waals surface area (Å²) < 4.78 is 4.57. The number of aromatic nitrogens is 2. The van der Waals surface area contributed by atoms with Crippen LogP contribution in [-0.4, -0.2) is 71.8 Å². The number of esters is 1. The fourth-order valence-electron chi connectivity index (χ4n) is 2.79. The van der Waals surface area contributed by atoms with Crippen LogP contribution in [-0.2, 0) is 9.53 Å². The number of rotatable bonds is 7. The number of thioether (sulfide) groups is 1. The number of hydrogen-bond donors (Lipinski definition) is 1. The van der Waals surface area contributed by atoms with Crippen molar-refractivity contribution in [2.45, 2.75) is 5.03 Å². The molecule has 1 aliphatic rings. The van der Waals surface area contributed by atoms with Crippen LogP contribution >= 0.6 is 11.8 Å². The molecule has 11 heteroatoms. The molecule has 10 nitrogen and oxygen atoms in total. The van der Waals surface area contributed by atoms with Crippen molar-refractivity contribution in [3.63, 3.8) is 0 Å². The molecule has 0 atom stereocenters.